The van der Waals surface area contributed by atoms with E-state index in [0.717, 1.165) is 6.08 Å². The molecule has 0 saturated carbocycles. The molecule has 3 rings (SSSR count). The second kappa shape index (κ2) is 10.3. The second-order valence-corrected chi connectivity index (χ2v) is 7.75. The maximum absolute atomic E-state index is 12.1. The van der Waals surface area contributed by atoms with Crippen LogP contribution < -0.4 is 0 Å². The van der Waals surface area contributed by atoms with Gasteiger partial charge >= 0.3 is 5.97 Å². The van der Waals surface area contributed by atoms with Gasteiger partial charge in [0.15, 0.2) is 17.8 Å². The molecule has 1 aromatic rings. The smallest absolute Gasteiger partial charge is 0.333 e. The van der Waals surface area contributed by atoms with Gasteiger partial charge in [-0.3, -0.25) is 0 Å². The summed E-state index contributed by atoms with van der Waals surface area (Å²) in [5.74, 6) is -1.73. The number of carbonyl (C=O) groups is 1. The SMILES string of the molecule is O=C(/C=C/c1ccc(O)c(O)c1)OC1OC(COC2OCC(O)(CO)C2O)C(O)C(O)C1O. The Morgan fingerprint density at radius 3 is 2.45 bits per heavy atom. The predicted molar refractivity (Wildman–Crippen MR) is 105 cm³/mol. The first-order valence-electron chi connectivity index (χ1n) is 9.90. The lowest BCUT2D eigenvalue weighted by Gasteiger charge is -2.39. The third-order valence-electron chi connectivity index (χ3n) is 5.32. The minimum atomic E-state index is -1.93. The number of benzene rings is 1. The Morgan fingerprint density at radius 2 is 1.82 bits per heavy atom. The number of aromatic hydroxyl groups is 2. The normalized spacial score (nSPS) is 36.8. The minimum Gasteiger partial charge on any atom is -0.504 e. The van der Waals surface area contributed by atoms with Crippen molar-refractivity contribution in [2.24, 2.45) is 0 Å². The molecule has 0 spiro atoms. The first kappa shape index (κ1) is 25.3. The number of phenols is 2. The van der Waals surface area contributed by atoms with Crippen LogP contribution in [0, 0.1) is 0 Å². The molecule has 2 aliphatic heterocycles. The van der Waals surface area contributed by atoms with Crippen LogP contribution in [-0.4, -0.2) is 115 Å². The van der Waals surface area contributed by atoms with Crippen LogP contribution in [0.2, 0.25) is 0 Å². The Balaban J connectivity index is 1.58. The summed E-state index contributed by atoms with van der Waals surface area (Å²) in [5, 5.41) is 78.2. The summed E-state index contributed by atoms with van der Waals surface area (Å²) in [7, 11) is 0. The summed E-state index contributed by atoms with van der Waals surface area (Å²) < 4.78 is 20.6. The number of hydrogen-bond acceptors (Lipinski definition) is 13. The van der Waals surface area contributed by atoms with E-state index in [1.165, 1.54) is 24.3 Å². The fourth-order valence-electron chi connectivity index (χ4n) is 3.24. The molecule has 8 unspecified atom stereocenters. The van der Waals surface area contributed by atoms with E-state index in [1.807, 2.05) is 0 Å². The highest BCUT2D eigenvalue weighted by atomic mass is 16.7. The molecule has 2 aliphatic rings. The quantitative estimate of drug-likeness (QED) is 0.112. The van der Waals surface area contributed by atoms with Crippen LogP contribution >= 0.6 is 0 Å². The summed E-state index contributed by atoms with van der Waals surface area (Å²) in [6.07, 6.45) is -8.99. The van der Waals surface area contributed by atoms with Gasteiger partial charge in [0.25, 0.3) is 0 Å². The van der Waals surface area contributed by atoms with Crippen molar-refractivity contribution in [3.8, 4) is 11.5 Å². The Labute approximate surface area is 187 Å². The van der Waals surface area contributed by atoms with Crippen molar-refractivity contribution in [3.05, 3.63) is 29.8 Å². The molecular formula is C20H26O13. The van der Waals surface area contributed by atoms with Gasteiger partial charge in [0, 0.05) is 6.08 Å². The number of carbonyl (C=O) groups excluding carboxylic acids is 1. The largest absolute Gasteiger partial charge is 0.504 e. The van der Waals surface area contributed by atoms with E-state index in [1.54, 1.807) is 0 Å². The fourth-order valence-corrected chi connectivity index (χ4v) is 3.24. The molecule has 0 radical (unpaired) electrons. The zero-order chi connectivity index (χ0) is 24.3. The van der Waals surface area contributed by atoms with Crippen molar-refractivity contribution >= 4 is 12.0 Å². The zero-order valence-electron chi connectivity index (χ0n) is 17.2. The van der Waals surface area contributed by atoms with Gasteiger partial charge in [-0.25, -0.2) is 4.79 Å². The van der Waals surface area contributed by atoms with E-state index >= 15 is 0 Å². The molecule has 8 N–H and O–H groups in total. The average molecular weight is 474 g/mol. The molecule has 0 amide bonds. The summed E-state index contributed by atoms with van der Waals surface area (Å²) in [5.41, 5.74) is -1.57. The molecule has 2 heterocycles. The summed E-state index contributed by atoms with van der Waals surface area (Å²) >= 11 is 0. The standard InChI is InChI=1S/C20H26O13/c21-7-20(29)8-31-19(17(20)28)30-6-12-14(25)15(26)16(27)18(32-12)33-13(24)4-2-9-1-3-10(22)11(23)5-9/h1-5,12,14-19,21-23,25-29H,6-8H2/b4-2+. The van der Waals surface area contributed by atoms with Gasteiger partial charge in [-0.2, -0.15) is 0 Å². The van der Waals surface area contributed by atoms with Crippen molar-refractivity contribution in [1.29, 1.82) is 0 Å². The van der Waals surface area contributed by atoms with Gasteiger partial charge in [-0.15, -0.1) is 0 Å². The topological polar surface area (TPSA) is 216 Å². The van der Waals surface area contributed by atoms with E-state index in [-0.39, 0.29) is 5.75 Å². The molecule has 0 aliphatic carbocycles. The lowest BCUT2D eigenvalue weighted by molar-refractivity contribution is -0.300. The third-order valence-corrected chi connectivity index (χ3v) is 5.32. The average Bonchev–Trinajstić information content (AvgIpc) is 3.08. The van der Waals surface area contributed by atoms with E-state index < -0.39 is 80.2 Å². The Hall–Kier alpha value is -2.33. The molecule has 0 bridgehead atoms. The second-order valence-electron chi connectivity index (χ2n) is 7.75. The van der Waals surface area contributed by atoms with Crippen LogP contribution in [0.4, 0.5) is 0 Å². The molecule has 13 heteroatoms. The van der Waals surface area contributed by atoms with Gasteiger partial charge < -0.3 is 59.8 Å². The van der Waals surface area contributed by atoms with Crippen molar-refractivity contribution in [2.45, 2.75) is 48.7 Å². The van der Waals surface area contributed by atoms with E-state index in [2.05, 4.69) is 0 Å². The highest BCUT2D eigenvalue weighted by Crippen LogP contribution is 2.28. The van der Waals surface area contributed by atoms with Crippen LogP contribution in [0.15, 0.2) is 24.3 Å². The molecule has 184 valence electrons. The Morgan fingerprint density at radius 1 is 1.09 bits per heavy atom. The molecule has 2 fully saturated rings. The number of aliphatic hydroxyl groups is 6. The van der Waals surface area contributed by atoms with Crippen LogP contribution in [-0.2, 0) is 23.7 Å². The third kappa shape index (κ3) is 5.60. The maximum Gasteiger partial charge on any atom is 0.333 e. The van der Waals surface area contributed by atoms with Crippen LogP contribution in [0.3, 0.4) is 0 Å². The highest BCUT2D eigenvalue weighted by molar-refractivity contribution is 5.87. The lowest BCUT2D eigenvalue weighted by atomic mass is 9.99. The number of phenolic OH excluding ortho intramolecular Hbond substituents is 2. The predicted octanol–water partition coefficient (Wildman–Crippen LogP) is -3.08. The molecule has 8 atom stereocenters. The molecule has 0 aromatic heterocycles. The van der Waals surface area contributed by atoms with E-state index in [9.17, 15) is 40.5 Å². The number of hydrogen-bond donors (Lipinski definition) is 8. The van der Waals surface area contributed by atoms with Crippen molar-refractivity contribution in [2.75, 3.05) is 19.8 Å². The number of esters is 1. The van der Waals surface area contributed by atoms with Gasteiger partial charge in [-0.1, -0.05) is 6.07 Å². The van der Waals surface area contributed by atoms with Crippen molar-refractivity contribution in [3.63, 3.8) is 0 Å². The zero-order valence-corrected chi connectivity index (χ0v) is 17.2. The summed E-state index contributed by atoms with van der Waals surface area (Å²) in [4.78, 5) is 12.1. The minimum absolute atomic E-state index is 0.342. The van der Waals surface area contributed by atoms with E-state index in [4.69, 9.17) is 24.1 Å². The van der Waals surface area contributed by atoms with Crippen LogP contribution in [0.5, 0.6) is 11.5 Å². The maximum atomic E-state index is 12.1. The van der Waals surface area contributed by atoms with E-state index in [0.29, 0.717) is 5.56 Å². The van der Waals surface area contributed by atoms with Gasteiger partial charge in [0.05, 0.1) is 19.8 Å². The number of rotatable bonds is 7. The van der Waals surface area contributed by atoms with Crippen LogP contribution in [0.1, 0.15) is 5.56 Å². The molecule has 1 aromatic carbocycles. The number of aliphatic hydroxyl groups excluding tert-OH is 5. The lowest BCUT2D eigenvalue weighted by Crippen LogP contribution is -2.60. The van der Waals surface area contributed by atoms with Gasteiger partial charge in [-0.05, 0) is 23.8 Å². The molecule has 13 nitrogen and oxygen atoms in total. The summed E-state index contributed by atoms with van der Waals surface area (Å²) in [6.45, 7) is -1.68. The highest BCUT2D eigenvalue weighted by Gasteiger charge is 2.50. The summed E-state index contributed by atoms with van der Waals surface area (Å²) in [6, 6.07) is 3.81. The monoisotopic (exact) mass is 474 g/mol. The van der Waals surface area contributed by atoms with Gasteiger partial charge in [0.2, 0.25) is 6.29 Å². The molecule has 2 saturated heterocycles. The number of ether oxygens (including phenoxy) is 4. The molecular weight excluding hydrogens is 448 g/mol. The first-order valence-corrected chi connectivity index (χ1v) is 9.90. The van der Waals surface area contributed by atoms with Crippen LogP contribution in [0.25, 0.3) is 6.08 Å². The first-order chi connectivity index (χ1) is 15.6. The van der Waals surface area contributed by atoms with Gasteiger partial charge in [0.1, 0.15) is 36.1 Å². The Kier molecular flexibility index (Phi) is 7.89. The Bertz CT molecular complexity index is 860. The molecule has 33 heavy (non-hydrogen) atoms. The van der Waals surface area contributed by atoms with Crippen molar-refractivity contribution < 1.29 is 64.6 Å². The fraction of sp³-hybridized carbons (Fsp3) is 0.550. The van der Waals surface area contributed by atoms with Crippen molar-refractivity contribution in [1.82, 2.24) is 0 Å².